The highest BCUT2D eigenvalue weighted by atomic mass is 79.9. The van der Waals surface area contributed by atoms with E-state index < -0.39 is 15.7 Å². The van der Waals surface area contributed by atoms with Gasteiger partial charge in [-0.3, -0.25) is 14.3 Å². The van der Waals surface area contributed by atoms with Gasteiger partial charge in [-0.05, 0) is 18.6 Å². The number of rotatable bonds is 6. The molecule has 0 bridgehead atoms. The van der Waals surface area contributed by atoms with Gasteiger partial charge in [0.15, 0.2) is 0 Å². The van der Waals surface area contributed by atoms with Crippen LogP contribution in [0.1, 0.15) is 6.42 Å². The molecule has 0 aliphatic heterocycles. The van der Waals surface area contributed by atoms with Crippen LogP contribution in [0.2, 0.25) is 0 Å². The molecule has 1 aromatic rings. The summed E-state index contributed by atoms with van der Waals surface area (Å²) in [6.45, 7) is 0.571. The fourth-order valence-corrected chi connectivity index (χ4v) is 2.20. The fraction of sp³-hybridized carbons (Fsp3) is 0.400. The molecule has 94 valence electrons. The van der Waals surface area contributed by atoms with Crippen LogP contribution in [0.15, 0.2) is 22.7 Å². The van der Waals surface area contributed by atoms with Crippen LogP contribution in [0.4, 0.5) is 11.4 Å². The molecule has 0 fully saturated rings. The molecular weight excluding hydrogens is 308 g/mol. The summed E-state index contributed by atoms with van der Waals surface area (Å²) in [7, 11) is -0.823. The summed E-state index contributed by atoms with van der Waals surface area (Å²) in [5.41, 5.74) is 0.525. The van der Waals surface area contributed by atoms with Gasteiger partial charge in [-0.15, -0.1) is 0 Å². The van der Waals surface area contributed by atoms with Crippen LogP contribution in [-0.2, 0) is 10.8 Å². The highest BCUT2D eigenvalue weighted by Gasteiger charge is 2.13. The lowest BCUT2D eigenvalue weighted by atomic mass is 10.2. The molecule has 0 heterocycles. The number of nitro groups is 1. The van der Waals surface area contributed by atoms with E-state index in [2.05, 4.69) is 21.2 Å². The molecule has 0 saturated heterocycles. The second-order valence-corrected chi connectivity index (χ2v) is 5.95. The van der Waals surface area contributed by atoms with Gasteiger partial charge in [0.1, 0.15) is 5.69 Å². The molecule has 1 rings (SSSR count). The summed E-state index contributed by atoms with van der Waals surface area (Å²) in [5, 5.41) is 13.8. The summed E-state index contributed by atoms with van der Waals surface area (Å²) in [6.07, 6.45) is 2.36. The van der Waals surface area contributed by atoms with Gasteiger partial charge in [-0.1, -0.05) is 15.9 Å². The number of halogens is 1. The van der Waals surface area contributed by atoms with Crippen LogP contribution in [0.5, 0.6) is 0 Å². The largest absolute Gasteiger partial charge is 0.379 e. The fourth-order valence-electron chi connectivity index (χ4n) is 1.30. The maximum atomic E-state index is 10.8. The van der Waals surface area contributed by atoms with Gasteiger partial charge in [0.05, 0.1) is 4.92 Å². The number of nitrogens with one attached hydrogen (secondary N) is 1. The van der Waals surface area contributed by atoms with Crippen molar-refractivity contribution in [3.05, 3.63) is 32.8 Å². The Morgan fingerprint density at radius 3 is 2.82 bits per heavy atom. The van der Waals surface area contributed by atoms with Gasteiger partial charge in [0.2, 0.25) is 0 Å². The van der Waals surface area contributed by atoms with Crippen LogP contribution >= 0.6 is 15.9 Å². The number of benzene rings is 1. The van der Waals surface area contributed by atoms with Crippen LogP contribution in [0.25, 0.3) is 0 Å². The van der Waals surface area contributed by atoms with Crippen molar-refractivity contribution in [1.82, 2.24) is 0 Å². The van der Waals surface area contributed by atoms with Gasteiger partial charge in [-0.25, -0.2) is 0 Å². The van der Waals surface area contributed by atoms with E-state index in [1.54, 1.807) is 18.4 Å². The van der Waals surface area contributed by atoms with Crippen molar-refractivity contribution < 1.29 is 9.13 Å². The zero-order valence-electron chi connectivity index (χ0n) is 9.31. The highest BCUT2D eigenvalue weighted by Crippen LogP contribution is 2.27. The topological polar surface area (TPSA) is 72.2 Å². The standard InChI is InChI=1S/C10H13BrN2O3S/c1-17(16)6-2-5-12-9-4-3-8(11)7-10(9)13(14)15/h3-4,7,12H,2,5-6H2,1H3. The van der Waals surface area contributed by atoms with Gasteiger partial charge in [-0.2, -0.15) is 0 Å². The number of hydrogen-bond donors (Lipinski definition) is 1. The average molecular weight is 321 g/mol. The third kappa shape index (κ3) is 4.82. The van der Waals surface area contributed by atoms with E-state index in [0.29, 0.717) is 22.5 Å². The van der Waals surface area contributed by atoms with Crippen molar-refractivity contribution >= 4 is 38.1 Å². The minimum Gasteiger partial charge on any atom is -0.379 e. The Balaban J connectivity index is 2.64. The molecule has 7 heteroatoms. The molecule has 1 N–H and O–H groups in total. The zero-order chi connectivity index (χ0) is 12.8. The molecule has 17 heavy (non-hydrogen) atoms. The third-order valence-corrected chi connectivity index (χ3v) is 3.44. The number of anilines is 1. The van der Waals surface area contributed by atoms with Crippen LogP contribution in [0, 0.1) is 10.1 Å². The first kappa shape index (κ1) is 14.1. The Hall–Kier alpha value is -0.950. The van der Waals surface area contributed by atoms with E-state index in [1.807, 2.05) is 0 Å². The van der Waals surface area contributed by atoms with Crippen LogP contribution in [0.3, 0.4) is 0 Å². The van der Waals surface area contributed by atoms with E-state index in [9.17, 15) is 14.3 Å². The monoisotopic (exact) mass is 320 g/mol. The summed E-state index contributed by atoms with van der Waals surface area (Å²) < 4.78 is 11.5. The lowest BCUT2D eigenvalue weighted by Gasteiger charge is -2.06. The van der Waals surface area contributed by atoms with Crippen molar-refractivity contribution in [1.29, 1.82) is 0 Å². The molecule has 1 unspecified atom stereocenters. The molecule has 0 spiro atoms. The molecule has 0 aliphatic rings. The first-order valence-corrected chi connectivity index (χ1v) is 7.50. The second-order valence-electron chi connectivity index (χ2n) is 3.48. The number of nitrogens with zero attached hydrogens (tertiary/aromatic N) is 1. The predicted octanol–water partition coefficient (Wildman–Crippen LogP) is 2.54. The lowest BCUT2D eigenvalue weighted by Crippen LogP contribution is -2.07. The van der Waals surface area contributed by atoms with Gasteiger partial charge in [0.25, 0.3) is 5.69 Å². The molecule has 1 atom stereocenters. The normalized spacial score (nSPS) is 12.1. The van der Waals surface area contributed by atoms with E-state index >= 15 is 0 Å². The van der Waals surface area contributed by atoms with Crippen molar-refractivity contribution in [3.8, 4) is 0 Å². The maximum absolute atomic E-state index is 10.8. The maximum Gasteiger partial charge on any atom is 0.293 e. The van der Waals surface area contributed by atoms with Crippen LogP contribution < -0.4 is 5.32 Å². The average Bonchev–Trinajstić information content (AvgIpc) is 2.25. The first-order valence-electron chi connectivity index (χ1n) is 4.98. The predicted molar refractivity (Wildman–Crippen MR) is 72.8 cm³/mol. The van der Waals surface area contributed by atoms with Crippen molar-refractivity contribution in [2.45, 2.75) is 6.42 Å². The first-order chi connectivity index (χ1) is 8.00. The van der Waals surface area contributed by atoms with Gasteiger partial charge >= 0.3 is 0 Å². The smallest absolute Gasteiger partial charge is 0.293 e. The van der Waals surface area contributed by atoms with E-state index in [0.717, 1.165) is 6.42 Å². The summed E-state index contributed by atoms with van der Waals surface area (Å²) in [5.74, 6) is 0.595. The minimum absolute atomic E-state index is 0.0389. The molecule has 0 saturated carbocycles. The Morgan fingerprint density at radius 1 is 1.53 bits per heavy atom. The molecular formula is C10H13BrN2O3S. The zero-order valence-corrected chi connectivity index (χ0v) is 11.7. The van der Waals surface area contributed by atoms with Crippen molar-refractivity contribution in [3.63, 3.8) is 0 Å². The minimum atomic E-state index is -0.823. The van der Waals surface area contributed by atoms with E-state index in [1.165, 1.54) is 6.07 Å². The molecule has 0 aliphatic carbocycles. The Labute approximate surface area is 110 Å². The van der Waals surface area contributed by atoms with Gasteiger partial charge < -0.3 is 5.32 Å². The highest BCUT2D eigenvalue weighted by molar-refractivity contribution is 9.10. The quantitative estimate of drug-likeness (QED) is 0.496. The van der Waals surface area contributed by atoms with Crippen LogP contribution in [-0.4, -0.2) is 27.7 Å². The molecule has 0 amide bonds. The second kappa shape index (κ2) is 6.70. The Bertz CT molecular complexity index is 440. The third-order valence-electron chi connectivity index (χ3n) is 2.08. The molecule has 0 radical (unpaired) electrons. The summed E-state index contributed by atoms with van der Waals surface area (Å²) in [6, 6.07) is 4.86. The van der Waals surface area contributed by atoms with Gasteiger partial charge in [0, 0.05) is 39.9 Å². The van der Waals surface area contributed by atoms with Crippen molar-refractivity contribution in [2.24, 2.45) is 0 Å². The molecule has 0 aromatic heterocycles. The summed E-state index contributed by atoms with van der Waals surface area (Å²) >= 11 is 3.19. The van der Waals surface area contributed by atoms with Crippen molar-refractivity contribution in [2.75, 3.05) is 23.9 Å². The number of hydrogen-bond acceptors (Lipinski definition) is 4. The Morgan fingerprint density at radius 2 is 2.24 bits per heavy atom. The Kier molecular flexibility index (Phi) is 5.57. The molecule has 5 nitrogen and oxygen atoms in total. The number of nitro benzene ring substituents is 1. The molecule has 1 aromatic carbocycles. The SMILES string of the molecule is CS(=O)CCCNc1ccc(Br)cc1[N+](=O)[O-]. The van der Waals surface area contributed by atoms with E-state index in [4.69, 9.17) is 0 Å². The lowest BCUT2D eigenvalue weighted by molar-refractivity contribution is -0.384. The van der Waals surface area contributed by atoms with E-state index in [-0.39, 0.29) is 5.69 Å². The summed E-state index contributed by atoms with van der Waals surface area (Å²) in [4.78, 5) is 10.4.